The molecule has 0 saturated carbocycles. The smallest absolute Gasteiger partial charge is 0.228 e. The molecule has 0 spiro atoms. The van der Waals surface area contributed by atoms with E-state index in [-0.39, 0.29) is 43.9 Å². The summed E-state index contributed by atoms with van der Waals surface area (Å²) >= 11 is 0. The average Bonchev–Trinajstić information content (AvgIpc) is 2.96. The van der Waals surface area contributed by atoms with Crippen LogP contribution in [-0.2, 0) is 19.1 Å². The first-order valence-electron chi connectivity index (χ1n) is 8.74. The van der Waals surface area contributed by atoms with Crippen molar-refractivity contribution >= 4 is 11.8 Å². The molecule has 0 radical (unpaired) electrons. The van der Waals surface area contributed by atoms with Crippen LogP contribution in [0.4, 0.5) is 0 Å². The van der Waals surface area contributed by atoms with E-state index < -0.39 is 29.2 Å². The van der Waals surface area contributed by atoms with Crippen LogP contribution in [0.2, 0.25) is 0 Å². The maximum absolute atomic E-state index is 12.5. The summed E-state index contributed by atoms with van der Waals surface area (Å²) in [6.07, 6.45) is -1.70. The second kappa shape index (κ2) is 5.64. The first kappa shape index (κ1) is 18.6. The van der Waals surface area contributed by atoms with Crippen molar-refractivity contribution in [3.63, 3.8) is 0 Å². The zero-order valence-electron chi connectivity index (χ0n) is 15.5. The Morgan fingerprint density at radius 1 is 1.00 bits per heavy atom. The Morgan fingerprint density at radius 2 is 1.44 bits per heavy atom. The van der Waals surface area contributed by atoms with Crippen LogP contribution < -0.4 is 0 Å². The summed E-state index contributed by atoms with van der Waals surface area (Å²) < 4.78 is 11.5. The predicted molar refractivity (Wildman–Crippen MR) is 87.1 cm³/mol. The van der Waals surface area contributed by atoms with E-state index in [0.717, 1.165) is 0 Å². The number of β-amino-alcohol motifs (C(OH)–C–C–N with tert-alkyl or cyclic N) is 2. The van der Waals surface area contributed by atoms with Gasteiger partial charge < -0.3 is 29.5 Å². The summed E-state index contributed by atoms with van der Waals surface area (Å²) in [5.74, 6) is -3.75. The second-order valence-electron chi connectivity index (χ2n) is 8.71. The highest BCUT2D eigenvalue weighted by Gasteiger charge is 2.63. The van der Waals surface area contributed by atoms with Gasteiger partial charge in [-0.25, -0.2) is 0 Å². The van der Waals surface area contributed by atoms with E-state index in [2.05, 4.69) is 0 Å². The summed E-state index contributed by atoms with van der Waals surface area (Å²) in [7, 11) is 0. The molecule has 8 heteroatoms. The summed E-state index contributed by atoms with van der Waals surface area (Å²) in [5, 5.41) is 21.6. The van der Waals surface area contributed by atoms with Crippen LogP contribution in [0.15, 0.2) is 0 Å². The van der Waals surface area contributed by atoms with E-state index in [1.807, 2.05) is 0 Å². The molecule has 25 heavy (non-hydrogen) atoms. The van der Waals surface area contributed by atoms with Gasteiger partial charge in [-0.1, -0.05) is 34.6 Å². The molecule has 0 aromatic carbocycles. The Hall–Kier alpha value is -1.22. The van der Waals surface area contributed by atoms with E-state index in [0.29, 0.717) is 0 Å². The number of carbonyl (C=O) groups excluding carboxylic acids is 2. The first-order valence-corrected chi connectivity index (χ1v) is 8.74. The van der Waals surface area contributed by atoms with Crippen molar-refractivity contribution in [1.82, 2.24) is 9.80 Å². The molecule has 0 bridgehead atoms. The van der Waals surface area contributed by atoms with Crippen molar-refractivity contribution in [2.45, 2.75) is 58.4 Å². The summed E-state index contributed by atoms with van der Waals surface area (Å²) in [5.41, 5.74) is -0.586. The number of hydrogen-bond acceptors (Lipinski definition) is 6. The molecular weight excluding hydrogens is 328 g/mol. The third kappa shape index (κ3) is 3.05. The molecule has 3 fully saturated rings. The van der Waals surface area contributed by atoms with E-state index in [4.69, 9.17) is 9.47 Å². The molecule has 0 aromatic rings. The number of hydrogen-bond donors (Lipinski definition) is 2. The van der Waals surface area contributed by atoms with E-state index in [1.165, 1.54) is 9.80 Å². The topological polar surface area (TPSA) is 99.5 Å². The number of fused-ring (bicyclic) bond motifs is 2. The molecule has 3 heterocycles. The van der Waals surface area contributed by atoms with Gasteiger partial charge in [0.15, 0.2) is 0 Å². The number of likely N-dealkylation sites (tertiary alicyclic amines) is 2. The lowest BCUT2D eigenvalue weighted by Crippen LogP contribution is -2.63. The Balaban J connectivity index is 1.76. The molecule has 3 rings (SSSR count). The summed E-state index contributed by atoms with van der Waals surface area (Å²) in [6, 6.07) is 0. The number of carbonyl (C=O) groups is 2. The van der Waals surface area contributed by atoms with Crippen LogP contribution in [0.1, 0.15) is 34.6 Å². The van der Waals surface area contributed by atoms with E-state index in [9.17, 15) is 19.8 Å². The predicted octanol–water partition coefficient (Wildman–Crippen LogP) is -0.466. The molecular formula is C17H28N2O6. The van der Waals surface area contributed by atoms with Crippen LogP contribution in [0.25, 0.3) is 0 Å². The summed E-state index contributed by atoms with van der Waals surface area (Å²) in [6.45, 7) is 9.26. The molecule has 142 valence electrons. The van der Waals surface area contributed by atoms with E-state index >= 15 is 0 Å². The number of ether oxygens (including phenoxy) is 2. The molecule has 4 atom stereocenters. The molecule has 0 aliphatic carbocycles. The monoisotopic (exact) mass is 356 g/mol. The van der Waals surface area contributed by atoms with Gasteiger partial charge in [0.1, 0.15) is 12.2 Å². The van der Waals surface area contributed by atoms with Gasteiger partial charge in [-0.2, -0.15) is 0 Å². The summed E-state index contributed by atoms with van der Waals surface area (Å²) in [4.78, 5) is 27.7. The number of nitrogens with zero attached hydrogens (tertiary/aromatic N) is 2. The van der Waals surface area contributed by atoms with Gasteiger partial charge in [0.25, 0.3) is 0 Å². The van der Waals surface area contributed by atoms with Crippen molar-refractivity contribution in [3.8, 4) is 0 Å². The Kier molecular flexibility index (Phi) is 4.19. The highest BCUT2D eigenvalue weighted by Crippen LogP contribution is 2.42. The Morgan fingerprint density at radius 3 is 1.88 bits per heavy atom. The highest BCUT2D eigenvalue weighted by molar-refractivity contribution is 5.82. The van der Waals surface area contributed by atoms with Crippen molar-refractivity contribution in [1.29, 1.82) is 0 Å². The lowest BCUT2D eigenvalue weighted by molar-refractivity contribution is -0.396. The molecule has 3 saturated heterocycles. The van der Waals surface area contributed by atoms with Crippen LogP contribution in [0, 0.1) is 11.3 Å². The minimum Gasteiger partial charge on any atom is -0.362 e. The van der Waals surface area contributed by atoms with Gasteiger partial charge in [-0.05, 0) is 0 Å². The Labute approximate surface area is 147 Å². The van der Waals surface area contributed by atoms with Crippen LogP contribution in [0.3, 0.4) is 0 Å². The van der Waals surface area contributed by atoms with Gasteiger partial charge >= 0.3 is 0 Å². The van der Waals surface area contributed by atoms with Crippen molar-refractivity contribution in [2.24, 2.45) is 11.3 Å². The number of rotatable bonds is 1. The number of amides is 2. The molecule has 3 aliphatic rings. The fourth-order valence-electron chi connectivity index (χ4n) is 3.71. The fraction of sp³-hybridized carbons (Fsp3) is 0.882. The lowest BCUT2D eigenvalue weighted by Gasteiger charge is -2.43. The zero-order chi connectivity index (χ0) is 18.8. The molecule has 0 aromatic heterocycles. The maximum Gasteiger partial charge on any atom is 0.228 e. The standard InChI is InChI=1S/C17H28N2O6/c1-10(2)13(20)18-6-11-16(22,8-18)25-12-7-19(9-17(12,23)24-11)14(21)15(3,4)5/h10-12,22-23H,6-9H2,1-5H3/t11-,12-,16+,17+/m0/s1. The van der Waals surface area contributed by atoms with Crippen LogP contribution in [0.5, 0.6) is 0 Å². The molecule has 0 unspecified atom stereocenters. The van der Waals surface area contributed by atoms with Crippen molar-refractivity contribution in [2.75, 3.05) is 26.2 Å². The largest absolute Gasteiger partial charge is 0.362 e. The molecule has 2 N–H and O–H groups in total. The average molecular weight is 356 g/mol. The van der Waals surface area contributed by atoms with Crippen molar-refractivity contribution < 1.29 is 29.3 Å². The maximum atomic E-state index is 12.5. The number of aliphatic hydroxyl groups is 2. The van der Waals surface area contributed by atoms with Gasteiger partial charge in [0, 0.05) is 11.3 Å². The van der Waals surface area contributed by atoms with Crippen LogP contribution >= 0.6 is 0 Å². The van der Waals surface area contributed by atoms with Gasteiger partial charge in [0.05, 0.1) is 26.2 Å². The van der Waals surface area contributed by atoms with Gasteiger partial charge in [0.2, 0.25) is 23.4 Å². The van der Waals surface area contributed by atoms with Crippen LogP contribution in [-0.4, -0.2) is 81.8 Å². The van der Waals surface area contributed by atoms with Gasteiger partial charge in [-0.3, -0.25) is 9.59 Å². The highest BCUT2D eigenvalue weighted by atomic mass is 16.7. The molecule has 8 nitrogen and oxygen atoms in total. The SMILES string of the molecule is CC(C)C(=O)N1C[C@@H]2O[C@]3(O)CN(C(=O)C(C)(C)C)C[C@@H]3O[C@]2(O)C1. The quantitative estimate of drug-likeness (QED) is 0.659. The van der Waals surface area contributed by atoms with Gasteiger partial charge in [-0.15, -0.1) is 0 Å². The molecule has 2 amide bonds. The fourth-order valence-corrected chi connectivity index (χ4v) is 3.71. The minimum atomic E-state index is -1.67. The second-order valence-corrected chi connectivity index (χ2v) is 8.71. The minimum absolute atomic E-state index is 0.00548. The van der Waals surface area contributed by atoms with E-state index in [1.54, 1.807) is 34.6 Å². The normalized spacial score (nSPS) is 38.1. The first-order chi connectivity index (χ1) is 11.4. The van der Waals surface area contributed by atoms with Crippen molar-refractivity contribution in [3.05, 3.63) is 0 Å². The molecule has 3 aliphatic heterocycles. The third-order valence-corrected chi connectivity index (χ3v) is 5.04. The Bertz CT molecular complexity index is 588. The zero-order valence-corrected chi connectivity index (χ0v) is 15.5. The third-order valence-electron chi connectivity index (χ3n) is 5.04. The lowest BCUT2D eigenvalue weighted by atomic mass is 9.95.